The topological polar surface area (TPSA) is 57.6 Å². The maximum Gasteiger partial charge on any atom is 0.316 e. The standard InChI is InChI=1S/C16H21NO3S2/c1-3-12-10-17(8-9-21-12)15(18)13-6-4-5-7-14(13)22-11(2)16(19)20/h4-7,11-12H,3,8-10H2,1-2H3,(H,19,20). The molecular weight excluding hydrogens is 318 g/mol. The van der Waals surface area contributed by atoms with Gasteiger partial charge in [-0.25, -0.2) is 0 Å². The fraction of sp³-hybridized carbons (Fsp3) is 0.500. The fourth-order valence-electron chi connectivity index (χ4n) is 2.31. The molecule has 1 fully saturated rings. The Hall–Kier alpha value is -1.14. The van der Waals surface area contributed by atoms with E-state index in [0.29, 0.717) is 10.8 Å². The molecule has 0 aromatic heterocycles. The van der Waals surface area contributed by atoms with Crippen molar-refractivity contribution in [2.45, 2.75) is 35.7 Å². The Morgan fingerprint density at radius 3 is 2.86 bits per heavy atom. The number of benzene rings is 1. The van der Waals surface area contributed by atoms with E-state index in [-0.39, 0.29) is 5.91 Å². The second kappa shape index (κ2) is 7.92. The van der Waals surface area contributed by atoms with E-state index in [0.717, 1.165) is 30.2 Å². The van der Waals surface area contributed by atoms with Gasteiger partial charge in [0.1, 0.15) is 5.25 Å². The van der Waals surface area contributed by atoms with Crippen LogP contribution in [-0.4, -0.2) is 51.2 Å². The van der Waals surface area contributed by atoms with Crippen LogP contribution >= 0.6 is 23.5 Å². The molecule has 0 spiro atoms. The molecule has 1 aliphatic rings. The van der Waals surface area contributed by atoms with Crippen LogP contribution in [0.4, 0.5) is 0 Å². The summed E-state index contributed by atoms with van der Waals surface area (Å²) in [5.41, 5.74) is 0.613. The van der Waals surface area contributed by atoms with E-state index >= 15 is 0 Å². The van der Waals surface area contributed by atoms with Gasteiger partial charge in [-0.2, -0.15) is 11.8 Å². The molecule has 1 saturated heterocycles. The summed E-state index contributed by atoms with van der Waals surface area (Å²) < 4.78 is 0. The highest BCUT2D eigenvalue weighted by molar-refractivity contribution is 8.00. The van der Waals surface area contributed by atoms with Crippen molar-refractivity contribution in [1.29, 1.82) is 0 Å². The first-order valence-corrected chi connectivity index (χ1v) is 9.35. The molecule has 0 bridgehead atoms. The molecule has 6 heteroatoms. The molecule has 1 aromatic rings. The van der Waals surface area contributed by atoms with Gasteiger partial charge in [-0.15, -0.1) is 11.8 Å². The first-order chi connectivity index (χ1) is 10.5. The van der Waals surface area contributed by atoms with Gasteiger partial charge < -0.3 is 10.0 Å². The molecule has 1 amide bonds. The molecule has 2 unspecified atom stereocenters. The van der Waals surface area contributed by atoms with E-state index in [1.54, 1.807) is 13.0 Å². The zero-order chi connectivity index (χ0) is 16.1. The van der Waals surface area contributed by atoms with Gasteiger partial charge in [0.25, 0.3) is 5.91 Å². The number of hydrogen-bond acceptors (Lipinski definition) is 4. The molecule has 120 valence electrons. The lowest BCUT2D eigenvalue weighted by atomic mass is 10.2. The Kier molecular flexibility index (Phi) is 6.20. The summed E-state index contributed by atoms with van der Waals surface area (Å²) in [4.78, 5) is 26.5. The number of hydrogen-bond donors (Lipinski definition) is 1. The highest BCUT2D eigenvalue weighted by Crippen LogP contribution is 2.29. The molecule has 0 radical (unpaired) electrons. The van der Waals surface area contributed by atoms with Crippen LogP contribution in [0.3, 0.4) is 0 Å². The third-order valence-electron chi connectivity index (χ3n) is 3.65. The number of amides is 1. The molecule has 22 heavy (non-hydrogen) atoms. The number of carboxylic acids is 1. The van der Waals surface area contributed by atoms with Gasteiger partial charge in [0.2, 0.25) is 0 Å². The predicted octanol–water partition coefficient (Wildman–Crippen LogP) is 3.22. The second-order valence-corrected chi connectivity index (χ2v) is 8.04. The van der Waals surface area contributed by atoms with Crippen LogP contribution in [-0.2, 0) is 4.79 Å². The molecule has 0 saturated carbocycles. The number of carboxylic acid groups (broad SMARTS) is 1. The van der Waals surface area contributed by atoms with E-state index in [2.05, 4.69) is 6.92 Å². The lowest BCUT2D eigenvalue weighted by Gasteiger charge is -2.32. The number of rotatable bonds is 5. The predicted molar refractivity (Wildman–Crippen MR) is 91.8 cm³/mol. The van der Waals surface area contributed by atoms with Crippen LogP contribution in [0.1, 0.15) is 30.6 Å². The maximum atomic E-state index is 12.8. The average molecular weight is 339 g/mol. The summed E-state index contributed by atoms with van der Waals surface area (Å²) >= 11 is 3.15. The largest absolute Gasteiger partial charge is 0.480 e. The van der Waals surface area contributed by atoms with Gasteiger partial charge in [-0.3, -0.25) is 9.59 Å². The van der Waals surface area contributed by atoms with E-state index in [1.807, 2.05) is 34.9 Å². The summed E-state index contributed by atoms with van der Waals surface area (Å²) in [6.07, 6.45) is 1.06. The minimum absolute atomic E-state index is 0.0134. The average Bonchev–Trinajstić information content (AvgIpc) is 2.54. The van der Waals surface area contributed by atoms with Crippen LogP contribution in [0.25, 0.3) is 0 Å². The monoisotopic (exact) mass is 339 g/mol. The van der Waals surface area contributed by atoms with Crippen molar-refractivity contribution in [3.8, 4) is 0 Å². The van der Waals surface area contributed by atoms with E-state index < -0.39 is 11.2 Å². The summed E-state index contributed by atoms with van der Waals surface area (Å²) in [6, 6.07) is 7.29. The normalized spacial score (nSPS) is 19.7. The van der Waals surface area contributed by atoms with Crippen LogP contribution in [0, 0.1) is 0 Å². The van der Waals surface area contributed by atoms with Crippen molar-refractivity contribution >= 4 is 35.4 Å². The van der Waals surface area contributed by atoms with Gasteiger partial charge >= 0.3 is 5.97 Å². The molecule has 1 aromatic carbocycles. The third-order valence-corrected chi connectivity index (χ3v) is 6.19. The van der Waals surface area contributed by atoms with Gasteiger partial charge in [0.05, 0.1) is 5.56 Å². The van der Waals surface area contributed by atoms with Crippen molar-refractivity contribution in [3.63, 3.8) is 0 Å². The molecule has 2 rings (SSSR count). The van der Waals surface area contributed by atoms with E-state index in [4.69, 9.17) is 5.11 Å². The number of thioether (sulfide) groups is 2. The van der Waals surface area contributed by atoms with Crippen molar-refractivity contribution in [3.05, 3.63) is 29.8 Å². The Morgan fingerprint density at radius 1 is 1.45 bits per heavy atom. The fourth-order valence-corrected chi connectivity index (χ4v) is 4.41. The van der Waals surface area contributed by atoms with Crippen molar-refractivity contribution in [2.75, 3.05) is 18.8 Å². The van der Waals surface area contributed by atoms with Crippen molar-refractivity contribution in [2.24, 2.45) is 0 Å². The highest BCUT2D eigenvalue weighted by Gasteiger charge is 2.26. The molecule has 1 heterocycles. The van der Waals surface area contributed by atoms with Gasteiger partial charge in [-0.1, -0.05) is 19.1 Å². The maximum absolute atomic E-state index is 12.8. The zero-order valence-corrected chi connectivity index (χ0v) is 14.5. The smallest absolute Gasteiger partial charge is 0.316 e. The Labute approximate surface area is 139 Å². The Morgan fingerprint density at radius 2 is 2.18 bits per heavy atom. The summed E-state index contributed by atoms with van der Waals surface area (Å²) in [5.74, 6) is 0.109. The van der Waals surface area contributed by atoms with Crippen LogP contribution in [0.5, 0.6) is 0 Å². The first-order valence-electron chi connectivity index (χ1n) is 7.42. The summed E-state index contributed by atoms with van der Waals surface area (Å²) in [6.45, 7) is 5.31. The van der Waals surface area contributed by atoms with Gasteiger partial charge in [0, 0.05) is 29.0 Å². The Bertz CT molecular complexity index is 550. The first kappa shape index (κ1) is 17.2. The van der Waals surface area contributed by atoms with E-state index in [1.165, 1.54) is 11.8 Å². The lowest BCUT2D eigenvalue weighted by molar-refractivity contribution is -0.136. The molecule has 4 nitrogen and oxygen atoms in total. The van der Waals surface area contributed by atoms with Crippen LogP contribution in [0.15, 0.2) is 29.2 Å². The minimum atomic E-state index is -0.868. The number of nitrogens with zero attached hydrogens (tertiary/aromatic N) is 1. The molecule has 2 atom stereocenters. The zero-order valence-electron chi connectivity index (χ0n) is 12.8. The molecule has 1 aliphatic heterocycles. The highest BCUT2D eigenvalue weighted by atomic mass is 32.2. The minimum Gasteiger partial charge on any atom is -0.480 e. The van der Waals surface area contributed by atoms with Crippen molar-refractivity contribution in [1.82, 2.24) is 4.90 Å². The summed E-state index contributed by atoms with van der Waals surface area (Å²) in [7, 11) is 0. The number of carbonyl (C=O) groups excluding carboxylic acids is 1. The molecule has 0 aliphatic carbocycles. The molecule has 1 N–H and O–H groups in total. The van der Waals surface area contributed by atoms with Gasteiger partial charge in [0.15, 0.2) is 0 Å². The third kappa shape index (κ3) is 4.20. The second-order valence-electron chi connectivity index (χ2n) is 5.25. The number of aliphatic carboxylic acids is 1. The van der Waals surface area contributed by atoms with Crippen molar-refractivity contribution < 1.29 is 14.7 Å². The van der Waals surface area contributed by atoms with Crippen LogP contribution in [0.2, 0.25) is 0 Å². The molecular formula is C16H21NO3S2. The van der Waals surface area contributed by atoms with Gasteiger partial charge in [-0.05, 0) is 25.5 Å². The van der Waals surface area contributed by atoms with Crippen LogP contribution < -0.4 is 0 Å². The Balaban J connectivity index is 2.17. The SMILES string of the molecule is CCC1CN(C(=O)c2ccccc2SC(C)C(=O)O)CCS1. The quantitative estimate of drug-likeness (QED) is 0.835. The lowest BCUT2D eigenvalue weighted by Crippen LogP contribution is -2.41. The van der Waals surface area contributed by atoms with E-state index in [9.17, 15) is 9.59 Å². The number of carbonyl (C=O) groups is 2. The summed E-state index contributed by atoms with van der Waals surface area (Å²) in [5, 5.41) is 8.99.